The average molecular weight is 442 g/mol. The van der Waals surface area contributed by atoms with Gasteiger partial charge in [0.25, 0.3) is 5.56 Å². The molecular weight excluding hydrogens is 427 g/mol. The molecule has 1 aliphatic heterocycles. The predicted molar refractivity (Wildman–Crippen MR) is 105 cm³/mol. The van der Waals surface area contributed by atoms with Crippen LogP contribution < -0.4 is 5.56 Å². The monoisotopic (exact) mass is 441 g/mol. The summed E-state index contributed by atoms with van der Waals surface area (Å²) >= 11 is 7.20. The molecule has 10 heteroatoms. The van der Waals surface area contributed by atoms with Crippen molar-refractivity contribution >= 4 is 39.1 Å². The van der Waals surface area contributed by atoms with Gasteiger partial charge in [0.05, 0.1) is 11.7 Å². The number of fused-ring (bicyclic) bond motifs is 1. The summed E-state index contributed by atoms with van der Waals surface area (Å²) in [7, 11) is 0. The van der Waals surface area contributed by atoms with Gasteiger partial charge in [-0.3, -0.25) is 14.2 Å². The summed E-state index contributed by atoms with van der Waals surface area (Å²) in [6.07, 6.45) is -3.10. The fourth-order valence-electron chi connectivity index (χ4n) is 3.56. The van der Waals surface area contributed by atoms with Gasteiger partial charge < -0.3 is 4.90 Å². The molecule has 2 aromatic heterocycles. The number of thiophene rings is 1. The van der Waals surface area contributed by atoms with Crippen molar-refractivity contribution in [3.63, 3.8) is 0 Å². The molecule has 152 valence electrons. The van der Waals surface area contributed by atoms with E-state index in [-0.39, 0.29) is 19.4 Å². The van der Waals surface area contributed by atoms with Crippen molar-refractivity contribution in [3.05, 3.63) is 51.3 Å². The Hall–Kier alpha value is -2.39. The standard InChI is InChI=1S/C19H15ClF3N3O2S/c20-12-5-3-11(4-6-12)13-9-29-17-16(13)18(28)25(10-24-17)8-15(27)26-7-1-2-14(26)19(21,22)23/h3-6,9-10,14H,1-2,7-8H2. The van der Waals surface area contributed by atoms with E-state index in [2.05, 4.69) is 4.98 Å². The van der Waals surface area contributed by atoms with Crippen molar-refractivity contribution in [2.45, 2.75) is 31.6 Å². The van der Waals surface area contributed by atoms with Gasteiger partial charge >= 0.3 is 6.18 Å². The molecule has 4 rings (SSSR count). The van der Waals surface area contributed by atoms with Crippen molar-refractivity contribution < 1.29 is 18.0 Å². The highest BCUT2D eigenvalue weighted by Crippen LogP contribution is 2.33. The van der Waals surface area contributed by atoms with Crippen LogP contribution in [0.5, 0.6) is 0 Å². The molecule has 1 atom stereocenters. The number of rotatable bonds is 3. The molecule has 1 saturated heterocycles. The first kappa shape index (κ1) is 19.9. The Morgan fingerprint density at radius 1 is 1.28 bits per heavy atom. The van der Waals surface area contributed by atoms with E-state index in [4.69, 9.17) is 11.6 Å². The number of aromatic nitrogens is 2. The van der Waals surface area contributed by atoms with Crippen molar-refractivity contribution in [2.24, 2.45) is 0 Å². The van der Waals surface area contributed by atoms with Crippen molar-refractivity contribution in [1.82, 2.24) is 14.5 Å². The quantitative estimate of drug-likeness (QED) is 0.608. The van der Waals surface area contributed by atoms with E-state index >= 15 is 0 Å². The predicted octanol–water partition coefficient (Wildman–Crippen LogP) is 4.33. The third-order valence-electron chi connectivity index (χ3n) is 4.97. The summed E-state index contributed by atoms with van der Waals surface area (Å²) in [6.45, 7) is -0.452. The summed E-state index contributed by atoms with van der Waals surface area (Å²) in [5.74, 6) is -0.739. The average Bonchev–Trinajstić information content (AvgIpc) is 3.32. The van der Waals surface area contributed by atoms with Crippen molar-refractivity contribution in [2.75, 3.05) is 6.54 Å². The number of hydrogen-bond donors (Lipinski definition) is 0. The van der Waals surface area contributed by atoms with E-state index < -0.39 is 30.2 Å². The molecule has 29 heavy (non-hydrogen) atoms. The summed E-state index contributed by atoms with van der Waals surface area (Å²) in [4.78, 5) is 31.0. The smallest absolute Gasteiger partial charge is 0.329 e. The second kappa shape index (κ2) is 7.46. The molecule has 0 bridgehead atoms. The molecule has 0 saturated carbocycles. The number of nitrogens with zero attached hydrogens (tertiary/aromatic N) is 3. The molecular formula is C19H15ClF3N3O2S. The first-order valence-corrected chi connectivity index (χ1v) is 10.1. The molecule has 1 fully saturated rings. The highest BCUT2D eigenvalue weighted by Gasteiger charge is 2.47. The maximum absolute atomic E-state index is 13.1. The second-order valence-electron chi connectivity index (χ2n) is 6.80. The minimum absolute atomic E-state index is 0.0297. The van der Waals surface area contributed by atoms with E-state index in [9.17, 15) is 22.8 Å². The van der Waals surface area contributed by atoms with Gasteiger partial charge in [-0.25, -0.2) is 4.98 Å². The molecule has 0 N–H and O–H groups in total. The Kier molecular flexibility index (Phi) is 5.12. The molecule has 5 nitrogen and oxygen atoms in total. The molecule has 1 aromatic carbocycles. The van der Waals surface area contributed by atoms with E-state index in [0.29, 0.717) is 20.8 Å². The van der Waals surface area contributed by atoms with Gasteiger partial charge in [-0.05, 0) is 30.5 Å². The van der Waals surface area contributed by atoms with E-state index in [1.165, 1.54) is 17.7 Å². The highest BCUT2D eigenvalue weighted by molar-refractivity contribution is 7.17. The zero-order chi connectivity index (χ0) is 20.8. The number of carbonyl (C=O) groups is 1. The number of benzene rings is 1. The number of likely N-dealkylation sites (tertiary alicyclic amines) is 1. The Bertz CT molecular complexity index is 1120. The van der Waals surface area contributed by atoms with Gasteiger partial charge in [0.1, 0.15) is 17.4 Å². The van der Waals surface area contributed by atoms with E-state index in [1.807, 2.05) is 0 Å². The third kappa shape index (κ3) is 3.76. The van der Waals surface area contributed by atoms with Crippen LogP contribution in [-0.2, 0) is 11.3 Å². The van der Waals surface area contributed by atoms with Crippen LogP contribution in [0.2, 0.25) is 5.02 Å². The first-order chi connectivity index (χ1) is 13.8. The highest BCUT2D eigenvalue weighted by atomic mass is 35.5. The maximum atomic E-state index is 13.1. The number of halogens is 4. The lowest BCUT2D eigenvalue weighted by molar-refractivity contribution is -0.183. The fraction of sp³-hybridized carbons (Fsp3) is 0.316. The largest absolute Gasteiger partial charge is 0.408 e. The second-order valence-corrected chi connectivity index (χ2v) is 8.10. The van der Waals surface area contributed by atoms with Crippen LogP contribution in [-0.4, -0.2) is 39.1 Å². The lowest BCUT2D eigenvalue weighted by Crippen LogP contribution is -2.46. The summed E-state index contributed by atoms with van der Waals surface area (Å²) in [5.41, 5.74) is 0.952. The normalized spacial score (nSPS) is 17.2. The Morgan fingerprint density at radius 3 is 2.69 bits per heavy atom. The van der Waals surface area contributed by atoms with Crippen molar-refractivity contribution in [1.29, 1.82) is 0 Å². The molecule has 3 heterocycles. The van der Waals surface area contributed by atoms with E-state index in [0.717, 1.165) is 15.0 Å². The van der Waals surface area contributed by atoms with Crippen LogP contribution in [0.4, 0.5) is 13.2 Å². The first-order valence-electron chi connectivity index (χ1n) is 8.84. The van der Waals surface area contributed by atoms with Crippen LogP contribution in [0.25, 0.3) is 21.3 Å². The Labute approximate surface area is 172 Å². The number of alkyl halides is 3. The van der Waals surface area contributed by atoms with Gasteiger partial charge in [0, 0.05) is 22.5 Å². The van der Waals surface area contributed by atoms with Crippen LogP contribution in [0.15, 0.2) is 40.8 Å². The number of carbonyl (C=O) groups excluding carboxylic acids is 1. The molecule has 1 unspecified atom stereocenters. The molecule has 3 aromatic rings. The minimum atomic E-state index is -4.48. The maximum Gasteiger partial charge on any atom is 0.408 e. The SMILES string of the molecule is O=C(Cn1cnc2scc(-c3ccc(Cl)cc3)c2c1=O)N1CCCC1C(F)(F)F. The van der Waals surface area contributed by atoms with Crippen LogP contribution >= 0.6 is 22.9 Å². The van der Waals surface area contributed by atoms with Crippen LogP contribution in [0.3, 0.4) is 0 Å². The zero-order valence-corrected chi connectivity index (χ0v) is 16.5. The summed E-state index contributed by atoms with van der Waals surface area (Å²) in [6, 6.07) is 5.13. The van der Waals surface area contributed by atoms with Gasteiger partial charge in [0.15, 0.2) is 0 Å². The lowest BCUT2D eigenvalue weighted by Gasteiger charge is -2.26. The fourth-order valence-corrected chi connectivity index (χ4v) is 4.60. The van der Waals surface area contributed by atoms with Gasteiger partial charge in [-0.1, -0.05) is 23.7 Å². The molecule has 1 amide bonds. The zero-order valence-electron chi connectivity index (χ0n) is 14.9. The third-order valence-corrected chi connectivity index (χ3v) is 6.11. The van der Waals surface area contributed by atoms with Crippen LogP contribution in [0, 0.1) is 0 Å². The van der Waals surface area contributed by atoms with Crippen molar-refractivity contribution in [3.8, 4) is 11.1 Å². The minimum Gasteiger partial charge on any atom is -0.329 e. The summed E-state index contributed by atoms with van der Waals surface area (Å²) < 4.78 is 40.5. The number of amides is 1. The lowest BCUT2D eigenvalue weighted by atomic mass is 10.1. The number of hydrogen-bond acceptors (Lipinski definition) is 4. The summed E-state index contributed by atoms with van der Waals surface area (Å²) in [5, 5.41) is 2.68. The molecule has 0 spiro atoms. The molecule has 0 aliphatic carbocycles. The Balaban J connectivity index is 1.68. The molecule has 1 aliphatic rings. The molecule has 0 radical (unpaired) electrons. The van der Waals surface area contributed by atoms with Crippen LogP contribution in [0.1, 0.15) is 12.8 Å². The van der Waals surface area contributed by atoms with E-state index in [1.54, 1.807) is 29.6 Å². The van der Waals surface area contributed by atoms with Gasteiger partial charge in [0.2, 0.25) is 5.91 Å². The Morgan fingerprint density at radius 2 is 2.00 bits per heavy atom. The topological polar surface area (TPSA) is 55.2 Å². The van der Waals surface area contributed by atoms with Gasteiger partial charge in [-0.2, -0.15) is 13.2 Å². The van der Waals surface area contributed by atoms with Gasteiger partial charge in [-0.15, -0.1) is 11.3 Å².